The predicted octanol–water partition coefficient (Wildman–Crippen LogP) is 4.95. The Bertz CT molecular complexity index is 779. The smallest absolute Gasteiger partial charge is 0.266 e. The molecule has 1 aliphatic carbocycles. The number of hydrogen-bond donors (Lipinski definition) is 1. The molecule has 5 heteroatoms. The van der Waals surface area contributed by atoms with E-state index in [2.05, 4.69) is 17.5 Å². The Morgan fingerprint density at radius 3 is 2.76 bits per heavy atom. The lowest BCUT2D eigenvalue weighted by molar-refractivity contribution is 0.0958. The molecular formula is C20H23FN2OS. The molecule has 2 aromatic rings. The molecule has 0 aliphatic heterocycles. The van der Waals surface area contributed by atoms with Crippen LogP contribution in [-0.2, 0) is 12.8 Å². The maximum Gasteiger partial charge on any atom is 0.281 e. The van der Waals surface area contributed by atoms with Crippen LogP contribution in [0.3, 0.4) is 0 Å². The minimum Gasteiger partial charge on any atom is -0.266 e. The highest BCUT2D eigenvalue weighted by atomic mass is 32.1. The molecule has 1 atom stereocenters. The zero-order chi connectivity index (χ0) is 17.8. The lowest BCUT2D eigenvalue weighted by atomic mass is 9.87. The second-order valence-corrected chi connectivity index (χ2v) is 7.57. The average molecular weight is 358 g/mol. The number of hydrogen-bond acceptors (Lipinski definition) is 3. The van der Waals surface area contributed by atoms with E-state index in [9.17, 15) is 9.18 Å². The molecule has 1 N–H and O–H groups in total. The van der Waals surface area contributed by atoms with Crippen LogP contribution in [0.25, 0.3) is 0 Å². The topological polar surface area (TPSA) is 41.5 Å². The SMILES string of the molecule is CC/C(=N/NC(=O)c1cc2c(s1)CC[C@H](CC)C2)c1ccc(F)cc1. The summed E-state index contributed by atoms with van der Waals surface area (Å²) in [6, 6.07) is 8.19. The molecule has 0 radical (unpaired) electrons. The lowest BCUT2D eigenvalue weighted by Crippen LogP contribution is -2.19. The van der Waals surface area contributed by atoms with Crippen LogP contribution >= 0.6 is 11.3 Å². The van der Waals surface area contributed by atoms with Gasteiger partial charge in [-0.2, -0.15) is 5.10 Å². The Morgan fingerprint density at radius 1 is 1.32 bits per heavy atom. The molecular weight excluding hydrogens is 335 g/mol. The van der Waals surface area contributed by atoms with E-state index in [1.807, 2.05) is 13.0 Å². The average Bonchev–Trinajstić information content (AvgIpc) is 3.06. The van der Waals surface area contributed by atoms with E-state index < -0.39 is 0 Å². The van der Waals surface area contributed by atoms with Crippen molar-refractivity contribution < 1.29 is 9.18 Å². The quantitative estimate of drug-likeness (QED) is 0.596. The van der Waals surface area contributed by atoms with Gasteiger partial charge < -0.3 is 0 Å². The Kier molecular flexibility index (Phi) is 5.63. The number of nitrogens with one attached hydrogen (secondary N) is 1. The summed E-state index contributed by atoms with van der Waals surface area (Å²) >= 11 is 1.58. The van der Waals surface area contributed by atoms with Crippen molar-refractivity contribution in [3.63, 3.8) is 0 Å². The highest BCUT2D eigenvalue weighted by molar-refractivity contribution is 7.14. The summed E-state index contributed by atoms with van der Waals surface area (Å²) in [5.41, 5.74) is 5.55. The van der Waals surface area contributed by atoms with Crippen molar-refractivity contribution in [3.05, 3.63) is 57.0 Å². The van der Waals surface area contributed by atoms with Crippen molar-refractivity contribution in [1.82, 2.24) is 5.43 Å². The molecule has 1 amide bonds. The van der Waals surface area contributed by atoms with Gasteiger partial charge in [0.05, 0.1) is 10.6 Å². The summed E-state index contributed by atoms with van der Waals surface area (Å²) in [6.07, 6.45) is 5.22. The minimum atomic E-state index is -0.280. The first-order valence-electron chi connectivity index (χ1n) is 8.85. The summed E-state index contributed by atoms with van der Waals surface area (Å²) in [7, 11) is 0. The molecule has 3 nitrogen and oxygen atoms in total. The number of amides is 1. The Labute approximate surface area is 152 Å². The van der Waals surface area contributed by atoms with Crippen LogP contribution in [0.2, 0.25) is 0 Å². The summed E-state index contributed by atoms with van der Waals surface area (Å²) in [5, 5.41) is 4.26. The number of nitrogens with zero attached hydrogens (tertiary/aromatic N) is 1. The van der Waals surface area contributed by atoms with Crippen molar-refractivity contribution >= 4 is 23.0 Å². The lowest BCUT2D eigenvalue weighted by Gasteiger charge is -2.19. The summed E-state index contributed by atoms with van der Waals surface area (Å²) < 4.78 is 13.0. The van der Waals surface area contributed by atoms with E-state index in [0.717, 1.165) is 34.9 Å². The highest BCUT2D eigenvalue weighted by Gasteiger charge is 2.22. The molecule has 3 rings (SSSR count). The minimum absolute atomic E-state index is 0.166. The molecule has 1 aliphatic rings. The number of thiophene rings is 1. The zero-order valence-corrected chi connectivity index (χ0v) is 15.5. The summed E-state index contributed by atoms with van der Waals surface area (Å²) in [4.78, 5) is 14.5. The number of carbonyl (C=O) groups is 1. The van der Waals surface area contributed by atoms with Gasteiger partial charge in [0.25, 0.3) is 5.91 Å². The fraction of sp³-hybridized carbons (Fsp3) is 0.400. The molecule has 0 saturated carbocycles. The van der Waals surface area contributed by atoms with Crippen molar-refractivity contribution in [3.8, 4) is 0 Å². The van der Waals surface area contributed by atoms with Crippen LogP contribution in [0.1, 0.15) is 58.8 Å². The van der Waals surface area contributed by atoms with E-state index in [1.54, 1.807) is 23.5 Å². The van der Waals surface area contributed by atoms with Gasteiger partial charge in [-0.1, -0.05) is 32.4 Å². The first-order chi connectivity index (χ1) is 12.1. The normalized spacial score (nSPS) is 17.2. The van der Waals surface area contributed by atoms with Crippen LogP contribution in [-0.4, -0.2) is 11.6 Å². The van der Waals surface area contributed by atoms with Crippen molar-refractivity contribution in [2.24, 2.45) is 11.0 Å². The van der Waals surface area contributed by atoms with Gasteiger partial charge in [0, 0.05) is 4.88 Å². The van der Waals surface area contributed by atoms with Crippen LogP contribution in [0.4, 0.5) is 4.39 Å². The highest BCUT2D eigenvalue weighted by Crippen LogP contribution is 2.33. The Morgan fingerprint density at radius 2 is 2.08 bits per heavy atom. The number of rotatable bonds is 5. The number of carbonyl (C=O) groups excluding carboxylic acids is 1. The third-order valence-electron chi connectivity index (χ3n) is 4.79. The maximum atomic E-state index is 13.0. The number of benzene rings is 1. The molecule has 132 valence electrons. The standard InChI is InChI=1S/C20H23FN2OS/c1-3-13-5-10-18-15(11-13)12-19(25-18)20(24)23-22-17(4-2)14-6-8-16(21)9-7-14/h6-9,12-13H,3-5,10-11H2,1-2H3,(H,23,24)/b22-17-/t13-/m0/s1. The van der Waals surface area contributed by atoms with Crippen LogP contribution in [0.15, 0.2) is 35.4 Å². The molecule has 0 saturated heterocycles. The number of aryl methyl sites for hydroxylation is 1. The third-order valence-corrected chi connectivity index (χ3v) is 6.03. The molecule has 1 aromatic carbocycles. The van der Waals surface area contributed by atoms with E-state index in [0.29, 0.717) is 6.42 Å². The van der Waals surface area contributed by atoms with Gasteiger partial charge >= 0.3 is 0 Å². The summed E-state index contributed by atoms with van der Waals surface area (Å²) in [6.45, 7) is 4.19. The van der Waals surface area contributed by atoms with Crippen molar-refractivity contribution in [1.29, 1.82) is 0 Å². The molecule has 0 unspecified atom stereocenters. The van der Waals surface area contributed by atoms with E-state index in [1.165, 1.54) is 35.4 Å². The number of halogens is 1. The first-order valence-corrected chi connectivity index (χ1v) is 9.66. The fourth-order valence-electron chi connectivity index (χ4n) is 3.22. The van der Waals surface area contributed by atoms with Gasteiger partial charge in [0.15, 0.2) is 0 Å². The van der Waals surface area contributed by atoms with E-state index in [4.69, 9.17) is 0 Å². The number of hydrazone groups is 1. The molecule has 1 heterocycles. The van der Waals surface area contributed by atoms with Crippen molar-refractivity contribution in [2.75, 3.05) is 0 Å². The Balaban J connectivity index is 1.71. The van der Waals surface area contributed by atoms with Crippen molar-refractivity contribution in [2.45, 2.75) is 46.0 Å². The van der Waals surface area contributed by atoms with E-state index >= 15 is 0 Å². The van der Waals surface area contributed by atoms with Crippen LogP contribution < -0.4 is 5.43 Å². The second-order valence-electron chi connectivity index (χ2n) is 6.44. The maximum absolute atomic E-state index is 13.0. The van der Waals surface area contributed by atoms with Gasteiger partial charge in [-0.05, 0) is 60.9 Å². The van der Waals surface area contributed by atoms with Gasteiger partial charge in [-0.15, -0.1) is 11.3 Å². The predicted molar refractivity (Wildman–Crippen MR) is 101 cm³/mol. The fourth-order valence-corrected chi connectivity index (χ4v) is 4.32. The molecule has 0 fully saturated rings. The largest absolute Gasteiger partial charge is 0.281 e. The first kappa shape index (κ1) is 17.8. The van der Waals surface area contributed by atoms with Crippen LogP contribution in [0, 0.1) is 11.7 Å². The third kappa shape index (κ3) is 4.15. The van der Waals surface area contributed by atoms with Gasteiger partial charge in [0.1, 0.15) is 5.82 Å². The zero-order valence-electron chi connectivity index (χ0n) is 14.6. The van der Waals surface area contributed by atoms with Crippen LogP contribution in [0.5, 0.6) is 0 Å². The monoisotopic (exact) mass is 358 g/mol. The second kappa shape index (κ2) is 7.91. The van der Waals surface area contributed by atoms with Gasteiger partial charge in [-0.25, -0.2) is 9.82 Å². The molecule has 0 spiro atoms. The van der Waals surface area contributed by atoms with Gasteiger partial charge in [-0.3, -0.25) is 4.79 Å². The van der Waals surface area contributed by atoms with Gasteiger partial charge in [0.2, 0.25) is 0 Å². The molecule has 1 aromatic heterocycles. The molecule has 25 heavy (non-hydrogen) atoms. The number of fused-ring (bicyclic) bond motifs is 1. The Hall–Kier alpha value is -2.01. The van der Waals surface area contributed by atoms with E-state index in [-0.39, 0.29) is 11.7 Å². The molecule has 0 bridgehead atoms. The summed E-state index contributed by atoms with van der Waals surface area (Å²) in [5.74, 6) is 0.291.